The van der Waals surface area contributed by atoms with E-state index in [2.05, 4.69) is 21.2 Å². The van der Waals surface area contributed by atoms with Gasteiger partial charge in [-0.25, -0.2) is 9.78 Å². The van der Waals surface area contributed by atoms with Gasteiger partial charge in [0.15, 0.2) is 5.01 Å². The quantitative estimate of drug-likeness (QED) is 0.591. The Labute approximate surface area is 146 Å². The molecule has 0 atom stereocenters. The van der Waals surface area contributed by atoms with Crippen molar-refractivity contribution in [3.63, 3.8) is 0 Å². The van der Waals surface area contributed by atoms with E-state index in [0.717, 1.165) is 21.3 Å². The summed E-state index contributed by atoms with van der Waals surface area (Å²) in [7, 11) is 0. The molecule has 0 radical (unpaired) electrons. The average Bonchev–Trinajstić information content (AvgIpc) is 3.26. The monoisotopic (exact) mass is 351 g/mol. The van der Waals surface area contributed by atoms with E-state index in [-0.39, 0.29) is 5.56 Å². The summed E-state index contributed by atoms with van der Waals surface area (Å²) >= 11 is 1.52. The van der Waals surface area contributed by atoms with Gasteiger partial charge >= 0.3 is 5.97 Å². The SMILES string of the molecule is Cc1ccc(C)c2sc(-c3nc(-c4ccc(C(=O)O)cc4)no3)nc12. The normalized spacial score (nSPS) is 11.1. The molecule has 0 unspecified atom stereocenters. The number of fused-ring (bicyclic) bond motifs is 1. The third-order valence-electron chi connectivity index (χ3n) is 3.94. The number of carboxylic acid groups (broad SMARTS) is 1. The van der Waals surface area contributed by atoms with Gasteiger partial charge in [-0.3, -0.25) is 0 Å². The first-order valence-corrected chi connectivity index (χ1v) is 8.39. The first-order valence-electron chi connectivity index (χ1n) is 7.57. The summed E-state index contributed by atoms with van der Waals surface area (Å²) < 4.78 is 6.47. The van der Waals surface area contributed by atoms with Gasteiger partial charge in [-0.2, -0.15) is 4.98 Å². The van der Waals surface area contributed by atoms with Crippen LogP contribution in [0.5, 0.6) is 0 Å². The fourth-order valence-electron chi connectivity index (χ4n) is 2.54. The molecular weight excluding hydrogens is 338 g/mol. The molecule has 6 nitrogen and oxygen atoms in total. The lowest BCUT2D eigenvalue weighted by Gasteiger charge is -1.96. The molecule has 0 saturated carbocycles. The number of hydrogen-bond donors (Lipinski definition) is 1. The largest absolute Gasteiger partial charge is 0.478 e. The van der Waals surface area contributed by atoms with E-state index in [1.165, 1.54) is 23.5 Å². The van der Waals surface area contributed by atoms with E-state index < -0.39 is 5.97 Å². The zero-order valence-corrected chi connectivity index (χ0v) is 14.3. The van der Waals surface area contributed by atoms with Gasteiger partial charge < -0.3 is 9.63 Å². The Kier molecular flexibility index (Phi) is 3.58. The number of nitrogens with zero attached hydrogens (tertiary/aromatic N) is 3. The number of benzene rings is 2. The van der Waals surface area contributed by atoms with E-state index in [9.17, 15) is 4.79 Å². The number of aromatic carboxylic acids is 1. The van der Waals surface area contributed by atoms with Crippen LogP contribution in [0.3, 0.4) is 0 Å². The third kappa shape index (κ3) is 2.68. The summed E-state index contributed by atoms with van der Waals surface area (Å²) in [5.41, 5.74) is 4.11. The van der Waals surface area contributed by atoms with E-state index >= 15 is 0 Å². The minimum atomic E-state index is -0.972. The van der Waals surface area contributed by atoms with E-state index in [4.69, 9.17) is 9.63 Å². The summed E-state index contributed by atoms with van der Waals surface area (Å²) in [4.78, 5) is 20.0. The summed E-state index contributed by atoms with van der Waals surface area (Å²) in [6.07, 6.45) is 0. The molecule has 2 aromatic carbocycles. The number of thiazole rings is 1. The van der Waals surface area contributed by atoms with Gasteiger partial charge in [0.25, 0.3) is 5.89 Å². The van der Waals surface area contributed by atoms with Crippen molar-refractivity contribution in [3.05, 3.63) is 53.1 Å². The van der Waals surface area contributed by atoms with Crippen LogP contribution in [0.25, 0.3) is 32.5 Å². The molecule has 25 heavy (non-hydrogen) atoms. The lowest BCUT2D eigenvalue weighted by atomic mass is 10.1. The van der Waals surface area contributed by atoms with Crippen LogP contribution in [-0.4, -0.2) is 26.2 Å². The van der Waals surface area contributed by atoms with Crippen LogP contribution in [0.2, 0.25) is 0 Å². The summed E-state index contributed by atoms with van der Waals surface area (Å²) in [5, 5.41) is 13.6. The van der Waals surface area contributed by atoms with Gasteiger partial charge in [-0.15, -0.1) is 11.3 Å². The molecule has 124 valence electrons. The Bertz CT molecular complexity index is 1060. The van der Waals surface area contributed by atoms with Gasteiger partial charge in [0.2, 0.25) is 5.82 Å². The van der Waals surface area contributed by atoms with Crippen molar-refractivity contribution in [2.45, 2.75) is 13.8 Å². The van der Waals surface area contributed by atoms with Crippen LogP contribution in [-0.2, 0) is 0 Å². The molecule has 0 fully saturated rings. The van der Waals surface area contributed by atoms with Gasteiger partial charge in [0.1, 0.15) is 0 Å². The summed E-state index contributed by atoms with van der Waals surface area (Å²) in [5.74, 6) is -0.211. The Morgan fingerprint density at radius 2 is 1.76 bits per heavy atom. The van der Waals surface area contributed by atoms with Gasteiger partial charge in [0, 0.05) is 5.56 Å². The molecule has 1 N–H and O–H groups in total. The Morgan fingerprint density at radius 3 is 2.44 bits per heavy atom. The predicted molar refractivity (Wildman–Crippen MR) is 94.8 cm³/mol. The average molecular weight is 351 g/mol. The number of carboxylic acids is 1. The Balaban J connectivity index is 1.73. The molecule has 0 aliphatic heterocycles. The number of carbonyl (C=O) groups is 1. The van der Waals surface area contributed by atoms with Crippen molar-refractivity contribution >= 4 is 27.5 Å². The minimum absolute atomic E-state index is 0.213. The second-order valence-corrected chi connectivity index (χ2v) is 6.70. The molecule has 0 amide bonds. The van der Waals surface area contributed by atoms with Crippen LogP contribution in [0.15, 0.2) is 40.9 Å². The maximum atomic E-state index is 10.9. The third-order valence-corrected chi connectivity index (χ3v) is 5.12. The fraction of sp³-hybridized carbons (Fsp3) is 0.111. The molecule has 0 aliphatic carbocycles. The lowest BCUT2D eigenvalue weighted by Crippen LogP contribution is -1.95. The molecule has 0 bridgehead atoms. The zero-order chi connectivity index (χ0) is 17.6. The molecule has 2 aromatic heterocycles. The molecule has 2 heterocycles. The Hall–Kier alpha value is -3.06. The van der Waals surface area contributed by atoms with Gasteiger partial charge in [-0.1, -0.05) is 29.4 Å². The Morgan fingerprint density at radius 1 is 1.04 bits per heavy atom. The number of rotatable bonds is 3. The van der Waals surface area contributed by atoms with Crippen molar-refractivity contribution < 1.29 is 14.4 Å². The van der Waals surface area contributed by atoms with Crippen molar-refractivity contribution in [2.75, 3.05) is 0 Å². The first-order chi connectivity index (χ1) is 12.0. The molecular formula is C18H13N3O3S. The van der Waals surface area contributed by atoms with Crippen LogP contribution in [0, 0.1) is 13.8 Å². The summed E-state index contributed by atoms with van der Waals surface area (Å²) in [6, 6.07) is 10.5. The smallest absolute Gasteiger partial charge is 0.335 e. The topological polar surface area (TPSA) is 89.1 Å². The maximum absolute atomic E-state index is 10.9. The van der Waals surface area contributed by atoms with Crippen molar-refractivity contribution in [1.29, 1.82) is 0 Å². The maximum Gasteiger partial charge on any atom is 0.335 e. The molecule has 7 heteroatoms. The first kappa shape index (κ1) is 15.5. The zero-order valence-electron chi connectivity index (χ0n) is 13.5. The van der Waals surface area contributed by atoms with Crippen LogP contribution < -0.4 is 0 Å². The van der Waals surface area contributed by atoms with Crippen LogP contribution in [0.1, 0.15) is 21.5 Å². The molecule has 4 rings (SSSR count). The highest BCUT2D eigenvalue weighted by molar-refractivity contribution is 7.21. The molecule has 0 aliphatic rings. The van der Waals surface area contributed by atoms with Crippen molar-refractivity contribution in [3.8, 4) is 22.3 Å². The standard InChI is InChI=1S/C18H13N3O3S/c1-9-3-4-10(2)14-13(9)19-17(25-14)16-20-15(21-24-16)11-5-7-12(8-6-11)18(22)23/h3-8H,1-2H3,(H,22,23). The molecule has 4 aromatic rings. The highest BCUT2D eigenvalue weighted by Gasteiger charge is 2.17. The lowest BCUT2D eigenvalue weighted by molar-refractivity contribution is 0.0697. The van der Waals surface area contributed by atoms with E-state index in [1.54, 1.807) is 12.1 Å². The minimum Gasteiger partial charge on any atom is -0.478 e. The fourth-order valence-corrected chi connectivity index (χ4v) is 3.57. The van der Waals surface area contributed by atoms with Crippen LogP contribution in [0.4, 0.5) is 0 Å². The second kappa shape index (κ2) is 5.78. The second-order valence-electron chi connectivity index (χ2n) is 5.70. The van der Waals surface area contributed by atoms with Crippen molar-refractivity contribution in [1.82, 2.24) is 15.1 Å². The van der Waals surface area contributed by atoms with Crippen LogP contribution >= 0.6 is 11.3 Å². The molecule has 0 saturated heterocycles. The number of hydrogen-bond acceptors (Lipinski definition) is 6. The predicted octanol–water partition coefficient (Wildman–Crippen LogP) is 4.33. The van der Waals surface area contributed by atoms with E-state index in [0.29, 0.717) is 22.3 Å². The van der Waals surface area contributed by atoms with E-state index in [1.807, 2.05) is 19.9 Å². The number of aryl methyl sites for hydroxylation is 2. The number of aromatic nitrogens is 3. The van der Waals surface area contributed by atoms with Gasteiger partial charge in [0.05, 0.1) is 15.8 Å². The van der Waals surface area contributed by atoms with Gasteiger partial charge in [-0.05, 0) is 37.1 Å². The highest BCUT2D eigenvalue weighted by Crippen LogP contribution is 2.33. The van der Waals surface area contributed by atoms with Crippen molar-refractivity contribution in [2.24, 2.45) is 0 Å². The highest BCUT2D eigenvalue weighted by atomic mass is 32.1. The summed E-state index contributed by atoms with van der Waals surface area (Å²) in [6.45, 7) is 4.07. The molecule has 0 spiro atoms.